The first kappa shape index (κ1) is 15.7. The van der Waals surface area contributed by atoms with Gasteiger partial charge in [0.1, 0.15) is 12.2 Å². The predicted octanol–water partition coefficient (Wildman–Crippen LogP) is 2.34. The average Bonchev–Trinajstić information content (AvgIpc) is 2.95. The van der Waals surface area contributed by atoms with Crippen LogP contribution in [-0.2, 0) is 19.6 Å². The molecule has 21 heavy (non-hydrogen) atoms. The number of benzene rings is 1. The Morgan fingerprint density at radius 2 is 1.90 bits per heavy atom. The minimum absolute atomic E-state index is 0.331. The normalized spacial score (nSPS) is 11.5. The van der Waals surface area contributed by atoms with Crippen molar-refractivity contribution in [3.63, 3.8) is 0 Å². The van der Waals surface area contributed by atoms with Gasteiger partial charge in [0, 0.05) is 19.1 Å². The third-order valence-electron chi connectivity index (χ3n) is 3.68. The van der Waals surface area contributed by atoms with E-state index in [1.165, 1.54) is 11.1 Å². The number of nitrogens with two attached hydrogens (primary N) is 1. The van der Waals surface area contributed by atoms with Gasteiger partial charge in [0.25, 0.3) is 0 Å². The maximum absolute atomic E-state index is 5.82. The van der Waals surface area contributed by atoms with E-state index in [0.717, 1.165) is 25.5 Å². The van der Waals surface area contributed by atoms with Crippen molar-refractivity contribution in [2.24, 2.45) is 5.73 Å². The number of nitrogens with zero attached hydrogens (tertiary/aromatic N) is 4. The van der Waals surface area contributed by atoms with Gasteiger partial charge in [-0.15, -0.1) is 0 Å². The Labute approximate surface area is 126 Å². The summed E-state index contributed by atoms with van der Waals surface area (Å²) >= 11 is 0. The lowest BCUT2D eigenvalue weighted by atomic mass is 10.1. The van der Waals surface area contributed by atoms with E-state index in [0.29, 0.717) is 12.6 Å². The van der Waals surface area contributed by atoms with Crippen molar-refractivity contribution in [3.05, 3.63) is 47.5 Å². The zero-order valence-electron chi connectivity index (χ0n) is 13.2. The van der Waals surface area contributed by atoms with Crippen molar-refractivity contribution in [1.82, 2.24) is 19.7 Å². The largest absolute Gasteiger partial charge is 0.326 e. The van der Waals surface area contributed by atoms with Gasteiger partial charge in [0.2, 0.25) is 0 Å². The zero-order chi connectivity index (χ0) is 15.2. The molecule has 5 nitrogen and oxygen atoms in total. The molecule has 2 N–H and O–H groups in total. The molecule has 0 fully saturated rings. The fraction of sp³-hybridized carbons (Fsp3) is 0.500. The molecule has 0 atom stereocenters. The van der Waals surface area contributed by atoms with Gasteiger partial charge in [-0.25, -0.2) is 9.67 Å². The van der Waals surface area contributed by atoms with E-state index >= 15 is 0 Å². The summed E-state index contributed by atoms with van der Waals surface area (Å²) in [6.07, 6.45) is 1.64. The van der Waals surface area contributed by atoms with Gasteiger partial charge in [-0.2, -0.15) is 5.10 Å². The van der Waals surface area contributed by atoms with Crippen LogP contribution in [0.1, 0.15) is 43.8 Å². The summed E-state index contributed by atoms with van der Waals surface area (Å²) in [5.41, 5.74) is 8.32. The lowest BCUT2D eigenvalue weighted by Crippen LogP contribution is -2.25. The second-order valence-corrected chi connectivity index (χ2v) is 5.49. The summed E-state index contributed by atoms with van der Waals surface area (Å²) < 4.78 is 1.98. The highest BCUT2D eigenvalue weighted by Crippen LogP contribution is 2.14. The van der Waals surface area contributed by atoms with E-state index < -0.39 is 0 Å². The Balaban J connectivity index is 2.11. The monoisotopic (exact) mass is 287 g/mol. The molecule has 114 valence electrons. The Hall–Kier alpha value is -1.72. The fourth-order valence-electron chi connectivity index (χ4n) is 2.45. The molecule has 0 aliphatic rings. The van der Waals surface area contributed by atoms with Crippen LogP contribution in [0, 0.1) is 0 Å². The molecule has 0 unspecified atom stereocenters. The van der Waals surface area contributed by atoms with E-state index in [4.69, 9.17) is 5.73 Å². The second kappa shape index (κ2) is 7.33. The molecule has 0 amide bonds. The Morgan fingerprint density at radius 3 is 2.52 bits per heavy atom. The van der Waals surface area contributed by atoms with E-state index in [1.807, 2.05) is 10.7 Å². The molecule has 0 spiro atoms. The summed E-state index contributed by atoms with van der Waals surface area (Å²) in [5.74, 6) is 1.01. The van der Waals surface area contributed by atoms with Crippen LogP contribution in [-0.4, -0.2) is 26.2 Å². The van der Waals surface area contributed by atoms with Gasteiger partial charge < -0.3 is 5.73 Å². The van der Waals surface area contributed by atoms with Crippen molar-refractivity contribution >= 4 is 0 Å². The quantitative estimate of drug-likeness (QED) is 0.849. The third-order valence-corrected chi connectivity index (χ3v) is 3.68. The molecule has 1 aromatic heterocycles. The van der Waals surface area contributed by atoms with Crippen LogP contribution in [0.15, 0.2) is 30.6 Å². The highest BCUT2D eigenvalue weighted by Gasteiger charge is 2.13. The molecule has 0 aliphatic heterocycles. The summed E-state index contributed by atoms with van der Waals surface area (Å²) in [6.45, 7) is 9.64. The van der Waals surface area contributed by atoms with Crippen LogP contribution < -0.4 is 5.73 Å². The summed E-state index contributed by atoms with van der Waals surface area (Å²) in [7, 11) is 0. The lowest BCUT2D eigenvalue weighted by Gasteiger charge is -2.22. The van der Waals surface area contributed by atoms with Crippen LogP contribution in [0.2, 0.25) is 0 Å². The number of aromatic nitrogens is 3. The molecule has 1 heterocycles. The Morgan fingerprint density at radius 1 is 1.19 bits per heavy atom. The SMILES string of the molecule is CCN(Cc1ccccc1CN)Cc1ncnn1C(C)C. The molecular weight excluding hydrogens is 262 g/mol. The molecule has 2 rings (SSSR count). The fourth-order valence-corrected chi connectivity index (χ4v) is 2.45. The molecule has 2 aromatic rings. The third kappa shape index (κ3) is 3.89. The van der Waals surface area contributed by atoms with Crippen LogP contribution in [0.4, 0.5) is 0 Å². The zero-order valence-corrected chi connectivity index (χ0v) is 13.2. The van der Waals surface area contributed by atoms with Crippen molar-refractivity contribution in [1.29, 1.82) is 0 Å². The van der Waals surface area contributed by atoms with Gasteiger partial charge in [-0.05, 0) is 31.5 Å². The van der Waals surface area contributed by atoms with E-state index in [1.54, 1.807) is 6.33 Å². The highest BCUT2D eigenvalue weighted by molar-refractivity contribution is 5.26. The highest BCUT2D eigenvalue weighted by atomic mass is 15.4. The van der Waals surface area contributed by atoms with Crippen LogP contribution in [0.5, 0.6) is 0 Å². The second-order valence-electron chi connectivity index (χ2n) is 5.49. The minimum Gasteiger partial charge on any atom is -0.326 e. The van der Waals surface area contributed by atoms with Crippen LogP contribution in [0.25, 0.3) is 0 Å². The minimum atomic E-state index is 0.331. The first-order valence-corrected chi connectivity index (χ1v) is 7.53. The van der Waals surface area contributed by atoms with Gasteiger partial charge in [-0.3, -0.25) is 4.90 Å². The number of rotatable bonds is 7. The van der Waals surface area contributed by atoms with Gasteiger partial charge in [0.05, 0.1) is 6.54 Å². The average molecular weight is 287 g/mol. The molecule has 0 saturated carbocycles. The van der Waals surface area contributed by atoms with Crippen molar-refractivity contribution in [2.45, 2.75) is 46.4 Å². The standard InChI is InChI=1S/C16H25N5/c1-4-20(10-15-8-6-5-7-14(15)9-17)11-16-18-12-19-21(16)13(2)3/h5-8,12-13H,4,9-11,17H2,1-3H3. The van der Waals surface area contributed by atoms with E-state index in [2.05, 4.69) is 54.0 Å². The maximum Gasteiger partial charge on any atom is 0.141 e. The van der Waals surface area contributed by atoms with Crippen LogP contribution in [0.3, 0.4) is 0 Å². The van der Waals surface area contributed by atoms with Gasteiger partial charge in [-0.1, -0.05) is 31.2 Å². The van der Waals surface area contributed by atoms with Gasteiger partial charge >= 0.3 is 0 Å². The first-order chi connectivity index (χ1) is 10.2. The smallest absolute Gasteiger partial charge is 0.141 e. The molecule has 0 saturated heterocycles. The van der Waals surface area contributed by atoms with Crippen LogP contribution >= 0.6 is 0 Å². The summed E-state index contributed by atoms with van der Waals surface area (Å²) in [4.78, 5) is 6.75. The predicted molar refractivity (Wildman–Crippen MR) is 84.5 cm³/mol. The number of hydrogen-bond donors (Lipinski definition) is 1. The Kier molecular flexibility index (Phi) is 5.47. The molecule has 0 radical (unpaired) electrons. The first-order valence-electron chi connectivity index (χ1n) is 7.53. The molecule has 0 bridgehead atoms. The van der Waals surface area contributed by atoms with Crippen molar-refractivity contribution in [2.75, 3.05) is 6.54 Å². The van der Waals surface area contributed by atoms with Crippen molar-refractivity contribution < 1.29 is 0 Å². The summed E-state index contributed by atoms with van der Waals surface area (Å²) in [5, 5.41) is 4.30. The Bertz CT molecular complexity index is 561. The summed E-state index contributed by atoms with van der Waals surface area (Å²) in [6, 6.07) is 8.69. The molecule has 0 aliphatic carbocycles. The van der Waals surface area contributed by atoms with Crippen molar-refractivity contribution in [3.8, 4) is 0 Å². The topological polar surface area (TPSA) is 60.0 Å². The van der Waals surface area contributed by atoms with Gasteiger partial charge in [0.15, 0.2) is 0 Å². The molecular formula is C16H25N5. The maximum atomic E-state index is 5.82. The van der Waals surface area contributed by atoms with E-state index in [9.17, 15) is 0 Å². The molecule has 5 heteroatoms. The lowest BCUT2D eigenvalue weighted by molar-refractivity contribution is 0.255. The molecule has 1 aromatic carbocycles. The van der Waals surface area contributed by atoms with E-state index in [-0.39, 0.29) is 0 Å². The number of hydrogen-bond acceptors (Lipinski definition) is 4.